The number of hydrogen-bond donors (Lipinski definition) is 0. The minimum atomic E-state index is 0.840. The summed E-state index contributed by atoms with van der Waals surface area (Å²) in [7, 11) is 3.46. The van der Waals surface area contributed by atoms with Gasteiger partial charge in [0.25, 0.3) is 0 Å². The van der Waals surface area contributed by atoms with E-state index in [0.29, 0.717) is 0 Å². The van der Waals surface area contributed by atoms with Gasteiger partial charge in [0.15, 0.2) is 0 Å². The first-order chi connectivity index (χ1) is 27.2. The second-order valence-electron chi connectivity index (χ2n) is 14.1. The minimum Gasteiger partial charge on any atom is -0.497 e. The molecular weight excluding hydrogens is 675 g/mol. The lowest BCUT2D eigenvalue weighted by molar-refractivity contribution is 0.415. The van der Waals surface area contributed by atoms with Crippen LogP contribution < -0.4 is 9.47 Å². The van der Waals surface area contributed by atoms with Crippen molar-refractivity contribution in [1.82, 2.24) is 13.7 Å². The van der Waals surface area contributed by atoms with Crippen molar-refractivity contribution in [2.24, 2.45) is 0 Å². The van der Waals surface area contributed by atoms with Gasteiger partial charge in [-0.2, -0.15) is 0 Å². The predicted octanol–water partition coefficient (Wildman–Crippen LogP) is 12.7. The van der Waals surface area contributed by atoms with E-state index in [0.717, 1.165) is 72.5 Å². The lowest BCUT2D eigenvalue weighted by Gasteiger charge is -2.11. The van der Waals surface area contributed by atoms with E-state index >= 15 is 0 Å². The summed E-state index contributed by atoms with van der Waals surface area (Å²) < 4.78 is 18.5. The Morgan fingerprint density at radius 1 is 0.291 bits per heavy atom. The van der Waals surface area contributed by atoms with E-state index in [1.54, 1.807) is 14.2 Å². The van der Waals surface area contributed by atoms with Crippen LogP contribution in [-0.2, 0) is 0 Å². The predicted molar refractivity (Wildman–Crippen MR) is 228 cm³/mol. The Kier molecular flexibility index (Phi) is 6.92. The molecule has 0 radical (unpaired) electrons. The standard InChI is InChI=1S/C50H35N3O2/c1-54-37-20-25-48-43(30-37)40-22-17-33(32-18-23-46-41(27-32)44-31-38(55-2)21-26-49(44)52(46)35-13-7-4-8-14-35)28-50(40)53(48)36-19-24-47-42(29-36)39-15-9-10-16-45(39)51(47)34-11-5-3-6-12-34/h3-31H,1-2H3. The maximum Gasteiger partial charge on any atom is 0.119 e. The number of nitrogens with zero attached hydrogens (tertiary/aromatic N) is 3. The van der Waals surface area contributed by atoms with Gasteiger partial charge in [0.2, 0.25) is 0 Å². The van der Waals surface area contributed by atoms with Gasteiger partial charge >= 0.3 is 0 Å². The number of benzene rings is 8. The van der Waals surface area contributed by atoms with Crippen LogP contribution in [0.25, 0.3) is 93.6 Å². The van der Waals surface area contributed by atoms with Crippen LogP contribution in [-0.4, -0.2) is 27.9 Å². The first-order valence-corrected chi connectivity index (χ1v) is 18.6. The molecule has 8 aromatic carbocycles. The summed E-state index contributed by atoms with van der Waals surface area (Å²) in [5.41, 5.74) is 12.6. The van der Waals surface area contributed by atoms with Crippen molar-refractivity contribution >= 4 is 65.4 Å². The van der Waals surface area contributed by atoms with E-state index in [2.05, 4.69) is 184 Å². The van der Waals surface area contributed by atoms with Crippen molar-refractivity contribution < 1.29 is 9.47 Å². The molecule has 3 aromatic heterocycles. The first-order valence-electron chi connectivity index (χ1n) is 18.6. The molecule has 0 aliphatic carbocycles. The molecule has 0 bridgehead atoms. The number of ether oxygens (including phenoxy) is 2. The Morgan fingerprint density at radius 2 is 0.727 bits per heavy atom. The molecule has 5 heteroatoms. The van der Waals surface area contributed by atoms with Crippen LogP contribution in [0.2, 0.25) is 0 Å². The van der Waals surface area contributed by atoms with Crippen molar-refractivity contribution in [2.75, 3.05) is 14.2 Å². The summed E-state index contributed by atoms with van der Waals surface area (Å²) in [6, 6.07) is 63.2. The van der Waals surface area contributed by atoms with Crippen molar-refractivity contribution in [3.8, 4) is 39.7 Å². The molecule has 0 atom stereocenters. The van der Waals surface area contributed by atoms with E-state index in [4.69, 9.17) is 9.47 Å². The van der Waals surface area contributed by atoms with Gasteiger partial charge in [0.05, 0.1) is 47.3 Å². The van der Waals surface area contributed by atoms with Crippen LogP contribution in [0.15, 0.2) is 176 Å². The molecule has 3 heterocycles. The largest absolute Gasteiger partial charge is 0.497 e. The summed E-state index contributed by atoms with van der Waals surface area (Å²) in [5.74, 6) is 1.68. The monoisotopic (exact) mass is 709 g/mol. The number of fused-ring (bicyclic) bond motifs is 9. The summed E-state index contributed by atoms with van der Waals surface area (Å²) in [6.07, 6.45) is 0. The SMILES string of the molecule is COc1ccc2c(c1)c1cc(-c3ccc4c5cc(OC)ccc5n(-c5ccc6c(c5)c5ccccc5n6-c5ccccc5)c4c3)ccc1n2-c1ccccc1. The summed E-state index contributed by atoms with van der Waals surface area (Å²) in [4.78, 5) is 0. The number of rotatable bonds is 6. The highest BCUT2D eigenvalue weighted by Crippen LogP contribution is 2.41. The number of para-hydroxylation sites is 3. The second kappa shape index (κ2) is 12.2. The van der Waals surface area contributed by atoms with Crippen LogP contribution >= 0.6 is 0 Å². The van der Waals surface area contributed by atoms with Crippen molar-refractivity contribution in [3.05, 3.63) is 176 Å². The molecule has 0 spiro atoms. The van der Waals surface area contributed by atoms with Gasteiger partial charge in [0.1, 0.15) is 11.5 Å². The Balaban J connectivity index is 1.15. The molecule has 0 saturated carbocycles. The average molecular weight is 710 g/mol. The number of methoxy groups -OCH3 is 2. The fourth-order valence-corrected chi connectivity index (χ4v) is 8.70. The van der Waals surface area contributed by atoms with Crippen LogP contribution in [0.5, 0.6) is 11.5 Å². The zero-order chi connectivity index (χ0) is 36.6. The van der Waals surface area contributed by atoms with Gasteiger partial charge in [-0.05, 0) is 114 Å². The molecule has 0 aliphatic rings. The Bertz CT molecular complexity index is 3280. The third kappa shape index (κ3) is 4.73. The lowest BCUT2D eigenvalue weighted by atomic mass is 10.0. The molecular formula is C50H35N3O2. The number of aromatic nitrogens is 3. The molecule has 0 saturated heterocycles. The van der Waals surface area contributed by atoms with E-state index < -0.39 is 0 Å². The molecule has 262 valence electrons. The summed E-state index contributed by atoms with van der Waals surface area (Å²) >= 11 is 0. The minimum absolute atomic E-state index is 0.840. The molecule has 11 aromatic rings. The third-order valence-corrected chi connectivity index (χ3v) is 11.2. The van der Waals surface area contributed by atoms with Gasteiger partial charge in [-0.25, -0.2) is 0 Å². The molecule has 55 heavy (non-hydrogen) atoms. The highest BCUT2D eigenvalue weighted by atomic mass is 16.5. The Labute approximate surface area is 317 Å². The van der Waals surface area contributed by atoms with Crippen LogP contribution in [0, 0.1) is 0 Å². The van der Waals surface area contributed by atoms with E-state index in [9.17, 15) is 0 Å². The van der Waals surface area contributed by atoms with Gasteiger partial charge in [-0.3, -0.25) is 0 Å². The molecule has 0 aliphatic heterocycles. The molecule has 11 rings (SSSR count). The summed E-state index contributed by atoms with van der Waals surface area (Å²) in [5, 5.41) is 7.11. The van der Waals surface area contributed by atoms with Crippen molar-refractivity contribution in [1.29, 1.82) is 0 Å². The number of hydrogen-bond acceptors (Lipinski definition) is 2. The molecule has 0 fully saturated rings. The average Bonchev–Trinajstić information content (AvgIpc) is 3.88. The first kappa shape index (κ1) is 31.3. The van der Waals surface area contributed by atoms with Gasteiger partial charge in [-0.1, -0.05) is 72.8 Å². The van der Waals surface area contributed by atoms with Gasteiger partial charge < -0.3 is 23.2 Å². The smallest absolute Gasteiger partial charge is 0.119 e. The zero-order valence-electron chi connectivity index (χ0n) is 30.4. The highest BCUT2D eigenvalue weighted by molar-refractivity contribution is 6.14. The third-order valence-electron chi connectivity index (χ3n) is 11.2. The van der Waals surface area contributed by atoms with Crippen molar-refractivity contribution in [2.45, 2.75) is 0 Å². The Morgan fingerprint density at radius 3 is 1.36 bits per heavy atom. The second-order valence-corrected chi connectivity index (χ2v) is 14.1. The zero-order valence-corrected chi connectivity index (χ0v) is 30.4. The fraction of sp³-hybridized carbons (Fsp3) is 0.0400. The normalized spacial score (nSPS) is 11.8. The highest BCUT2D eigenvalue weighted by Gasteiger charge is 2.19. The maximum absolute atomic E-state index is 5.73. The van der Waals surface area contributed by atoms with Crippen molar-refractivity contribution in [3.63, 3.8) is 0 Å². The topological polar surface area (TPSA) is 33.2 Å². The maximum atomic E-state index is 5.73. The fourth-order valence-electron chi connectivity index (χ4n) is 8.70. The van der Waals surface area contributed by atoms with Crippen LogP contribution in [0.3, 0.4) is 0 Å². The quantitative estimate of drug-likeness (QED) is 0.172. The van der Waals surface area contributed by atoms with E-state index in [1.165, 1.54) is 32.6 Å². The van der Waals surface area contributed by atoms with Crippen LogP contribution in [0.4, 0.5) is 0 Å². The lowest BCUT2D eigenvalue weighted by Crippen LogP contribution is -1.96. The van der Waals surface area contributed by atoms with E-state index in [1.807, 2.05) is 6.07 Å². The van der Waals surface area contributed by atoms with Gasteiger partial charge in [-0.15, -0.1) is 0 Å². The Hall–Kier alpha value is -7.24. The van der Waals surface area contributed by atoms with Crippen LogP contribution in [0.1, 0.15) is 0 Å². The van der Waals surface area contributed by atoms with Gasteiger partial charge in [0, 0.05) is 49.4 Å². The molecule has 0 N–H and O–H groups in total. The molecule has 0 amide bonds. The molecule has 5 nitrogen and oxygen atoms in total. The van der Waals surface area contributed by atoms with E-state index in [-0.39, 0.29) is 0 Å². The summed E-state index contributed by atoms with van der Waals surface area (Å²) in [6.45, 7) is 0. The molecule has 0 unspecified atom stereocenters.